The SMILES string of the molecule is Cc1ccc(C(=O)COC(=O)c2ccc(Cl)c(Cl)c2)cc1. The molecular formula is C16H12Cl2O3. The first-order valence-corrected chi connectivity index (χ1v) is 6.95. The van der Waals surface area contributed by atoms with Gasteiger partial charge in [0.05, 0.1) is 15.6 Å². The quantitative estimate of drug-likeness (QED) is 0.621. The first kappa shape index (κ1) is 15.5. The van der Waals surface area contributed by atoms with E-state index in [0.29, 0.717) is 10.6 Å². The number of aryl methyl sites for hydroxylation is 1. The van der Waals surface area contributed by atoms with Crippen LogP contribution < -0.4 is 0 Å². The highest BCUT2D eigenvalue weighted by molar-refractivity contribution is 6.42. The van der Waals surface area contributed by atoms with Crippen LogP contribution in [0, 0.1) is 6.92 Å². The van der Waals surface area contributed by atoms with Crippen molar-refractivity contribution in [3.05, 3.63) is 69.2 Å². The maximum absolute atomic E-state index is 11.9. The molecule has 0 aliphatic heterocycles. The summed E-state index contributed by atoms with van der Waals surface area (Å²) in [5, 5.41) is 0.611. The van der Waals surface area contributed by atoms with E-state index in [0.717, 1.165) is 5.56 Å². The normalized spacial score (nSPS) is 10.2. The molecule has 5 heteroatoms. The number of esters is 1. The lowest BCUT2D eigenvalue weighted by atomic mass is 10.1. The van der Waals surface area contributed by atoms with Crippen LogP contribution in [0.3, 0.4) is 0 Å². The maximum Gasteiger partial charge on any atom is 0.338 e. The molecule has 0 saturated carbocycles. The van der Waals surface area contributed by atoms with Crippen molar-refractivity contribution in [3.63, 3.8) is 0 Å². The fraction of sp³-hybridized carbons (Fsp3) is 0.125. The van der Waals surface area contributed by atoms with Crippen LogP contribution in [0.5, 0.6) is 0 Å². The summed E-state index contributed by atoms with van der Waals surface area (Å²) in [7, 11) is 0. The lowest BCUT2D eigenvalue weighted by Crippen LogP contribution is -2.14. The summed E-state index contributed by atoms with van der Waals surface area (Å²) in [5.74, 6) is -0.877. The molecule has 0 unspecified atom stereocenters. The van der Waals surface area contributed by atoms with Crippen molar-refractivity contribution >= 4 is 35.0 Å². The Bertz CT molecular complexity index is 678. The number of ketones is 1. The molecule has 0 fully saturated rings. The molecule has 2 aromatic rings. The molecule has 108 valence electrons. The number of Topliss-reactive ketones (excluding diaryl/α,β-unsaturated/α-hetero) is 1. The second-order valence-electron chi connectivity index (χ2n) is 4.49. The van der Waals surface area contributed by atoms with Crippen LogP contribution in [0.15, 0.2) is 42.5 Å². The van der Waals surface area contributed by atoms with Gasteiger partial charge in [0.25, 0.3) is 0 Å². The van der Waals surface area contributed by atoms with Crippen LogP contribution in [0.4, 0.5) is 0 Å². The number of benzene rings is 2. The third-order valence-electron chi connectivity index (χ3n) is 2.86. The molecule has 0 aromatic heterocycles. The molecule has 2 aromatic carbocycles. The fourth-order valence-corrected chi connectivity index (χ4v) is 1.96. The monoisotopic (exact) mass is 322 g/mol. The summed E-state index contributed by atoms with van der Waals surface area (Å²) in [6, 6.07) is 11.5. The predicted octanol–water partition coefficient (Wildman–Crippen LogP) is 4.34. The molecule has 0 aliphatic rings. The van der Waals surface area contributed by atoms with E-state index in [-0.39, 0.29) is 23.0 Å². The third kappa shape index (κ3) is 4.06. The highest BCUT2D eigenvalue weighted by Crippen LogP contribution is 2.22. The van der Waals surface area contributed by atoms with Crippen molar-refractivity contribution in [3.8, 4) is 0 Å². The molecule has 0 radical (unpaired) electrons. The van der Waals surface area contributed by atoms with Gasteiger partial charge in [0, 0.05) is 5.56 Å². The molecular weight excluding hydrogens is 311 g/mol. The van der Waals surface area contributed by atoms with Crippen molar-refractivity contribution in [1.29, 1.82) is 0 Å². The van der Waals surface area contributed by atoms with Crippen molar-refractivity contribution in [2.75, 3.05) is 6.61 Å². The van der Waals surface area contributed by atoms with Gasteiger partial charge in [-0.15, -0.1) is 0 Å². The highest BCUT2D eigenvalue weighted by Gasteiger charge is 2.13. The number of hydrogen-bond donors (Lipinski definition) is 0. The van der Waals surface area contributed by atoms with Gasteiger partial charge in [-0.1, -0.05) is 53.0 Å². The van der Waals surface area contributed by atoms with E-state index in [1.54, 1.807) is 12.1 Å². The van der Waals surface area contributed by atoms with Gasteiger partial charge in [-0.3, -0.25) is 4.79 Å². The van der Waals surface area contributed by atoms with Crippen LogP contribution in [-0.4, -0.2) is 18.4 Å². The molecule has 21 heavy (non-hydrogen) atoms. The molecule has 0 spiro atoms. The van der Waals surface area contributed by atoms with E-state index in [2.05, 4.69) is 0 Å². The Hall–Kier alpha value is -1.84. The zero-order chi connectivity index (χ0) is 15.4. The first-order valence-electron chi connectivity index (χ1n) is 6.19. The Morgan fingerprint density at radius 1 is 0.952 bits per heavy atom. The topological polar surface area (TPSA) is 43.4 Å². The minimum Gasteiger partial charge on any atom is -0.454 e. The predicted molar refractivity (Wildman–Crippen MR) is 82.3 cm³/mol. The third-order valence-corrected chi connectivity index (χ3v) is 3.60. The molecule has 0 N–H and O–H groups in total. The van der Waals surface area contributed by atoms with Gasteiger partial charge in [-0.05, 0) is 25.1 Å². The number of halogens is 2. The minimum atomic E-state index is -0.617. The molecule has 0 heterocycles. The van der Waals surface area contributed by atoms with E-state index in [1.165, 1.54) is 18.2 Å². The van der Waals surface area contributed by atoms with Crippen molar-refractivity contribution in [2.24, 2.45) is 0 Å². The van der Waals surface area contributed by atoms with Crippen molar-refractivity contribution in [1.82, 2.24) is 0 Å². The van der Waals surface area contributed by atoms with E-state index in [4.69, 9.17) is 27.9 Å². The Morgan fingerprint density at radius 3 is 2.19 bits per heavy atom. The van der Waals surface area contributed by atoms with Crippen LogP contribution >= 0.6 is 23.2 Å². The Kier molecular flexibility index (Phi) is 4.99. The van der Waals surface area contributed by atoms with E-state index in [1.807, 2.05) is 19.1 Å². The largest absolute Gasteiger partial charge is 0.454 e. The molecule has 0 atom stereocenters. The molecule has 2 rings (SSSR count). The molecule has 0 saturated heterocycles. The average molecular weight is 323 g/mol. The summed E-state index contributed by atoms with van der Waals surface area (Å²) < 4.78 is 4.98. The summed E-state index contributed by atoms with van der Waals surface area (Å²) in [6.07, 6.45) is 0. The van der Waals surface area contributed by atoms with Crippen LogP contribution in [0.25, 0.3) is 0 Å². The molecule has 0 bridgehead atoms. The van der Waals surface area contributed by atoms with E-state index in [9.17, 15) is 9.59 Å². The lowest BCUT2D eigenvalue weighted by molar-refractivity contribution is 0.0475. The van der Waals surface area contributed by atoms with Crippen LogP contribution in [-0.2, 0) is 4.74 Å². The van der Waals surface area contributed by atoms with Gasteiger partial charge in [-0.2, -0.15) is 0 Å². The summed E-state index contributed by atoms with van der Waals surface area (Å²) in [6.45, 7) is 1.61. The fourth-order valence-electron chi connectivity index (χ4n) is 1.66. The summed E-state index contributed by atoms with van der Waals surface area (Å²) in [5.41, 5.74) is 1.81. The summed E-state index contributed by atoms with van der Waals surface area (Å²) >= 11 is 11.6. The first-order chi connectivity index (χ1) is 9.97. The van der Waals surface area contributed by atoms with Gasteiger partial charge in [0.1, 0.15) is 0 Å². The molecule has 0 aliphatic carbocycles. The Balaban J connectivity index is 1.98. The van der Waals surface area contributed by atoms with Gasteiger partial charge in [-0.25, -0.2) is 4.79 Å². The van der Waals surface area contributed by atoms with Crippen LogP contribution in [0.1, 0.15) is 26.3 Å². The van der Waals surface area contributed by atoms with E-state index >= 15 is 0 Å². The zero-order valence-electron chi connectivity index (χ0n) is 11.2. The van der Waals surface area contributed by atoms with Crippen molar-refractivity contribution < 1.29 is 14.3 Å². The van der Waals surface area contributed by atoms with Crippen molar-refractivity contribution in [2.45, 2.75) is 6.92 Å². The van der Waals surface area contributed by atoms with Gasteiger partial charge >= 0.3 is 5.97 Å². The lowest BCUT2D eigenvalue weighted by Gasteiger charge is -2.05. The summed E-state index contributed by atoms with van der Waals surface area (Å²) in [4.78, 5) is 23.7. The smallest absolute Gasteiger partial charge is 0.338 e. The number of carbonyl (C=O) groups is 2. The van der Waals surface area contributed by atoms with E-state index < -0.39 is 5.97 Å². The Labute approximate surface area is 132 Å². The molecule has 0 amide bonds. The van der Waals surface area contributed by atoms with Gasteiger partial charge < -0.3 is 4.74 Å². The Morgan fingerprint density at radius 2 is 1.57 bits per heavy atom. The zero-order valence-corrected chi connectivity index (χ0v) is 12.7. The van der Waals surface area contributed by atoms with Gasteiger partial charge in [0.2, 0.25) is 0 Å². The average Bonchev–Trinajstić information content (AvgIpc) is 2.48. The number of hydrogen-bond acceptors (Lipinski definition) is 3. The number of ether oxygens (including phenoxy) is 1. The number of rotatable bonds is 4. The standard InChI is InChI=1S/C16H12Cl2O3/c1-10-2-4-11(5-3-10)15(19)9-21-16(20)12-6-7-13(17)14(18)8-12/h2-8H,9H2,1H3. The molecule has 3 nitrogen and oxygen atoms in total. The minimum absolute atomic E-state index is 0.251. The highest BCUT2D eigenvalue weighted by atomic mass is 35.5. The van der Waals surface area contributed by atoms with Gasteiger partial charge in [0.15, 0.2) is 12.4 Å². The second-order valence-corrected chi connectivity index (χ2v) is 5.31. The number of carbonyl (C=O) groups excluding carboxylic acids is 2. The maximum atomic E-state index is 11.9. The van der Waals surface area contributed by atoms with Crippen LogP contribution in [0.2, 0.25) is 10.0 Å². The second kappa shape index (κ2) is 6.74.